The first-order valence-corrected chi connectivity index (χ1v) is 14.8. The van der Waals surface area contributed by atoms with E-state index < -0.39 is 28.5 Å². The van der Waals surface area contributed by atoms with E-state index in [1.165, 1.54) is 17.0 Å². The number of benzene rings is 3. The maximum absolute atomic E-state index is 14.1. The van der Waals surface area contributed by atoms with Gasteiger partial charge in [0, 0.05) is 18.1 Å². The van der Waals surface area contributed by atoms with E-state index in [-0.39, 0.29) is 17.3 Å². The Hall–Kier alpha value is -3.36. The molecule has 0 unspecified atom stereocenters. The maximum atomic E-state index is 14.1. The summed E-state index contributed by atoms with van der Waals surface area (Å²) in [6.07, 6.45) is 0.365. The highest BCUT2D eigenvalue weighted by molar-refractivity contribution is 7.92. The minimum absolute atomic E-state index is 0.0569. The number of hydrogen-bond acceptors (Lipinski definition) is 4. The quantitative estimate of drug-likeness (QED) is 0.335. The second-order valence-electron chi connectivity index (χ2n) is 9.48. The number of carbonyl (C=O) groups is 2. The molecule has 3 aromatic rings. The van der Waals surface area contributed by atoms with Gasteiger partial charge in [-0.05, 0) is 75.1 Å². The zero-order valence-electron chi connectivity index (χ0n) is 23.1. The molecule has 3 rings (SSSR count). The average Bonchev–Trinajstić information content (AvgIpc) is 2.90. The molecule has 0 bridgehead atoms. The molecular weight excluding hydrogens is 534 g/mol. The first-order valence-electron chi connectivity index (χ1n) is 13.0. The number of aryl methyl sites for hydroxylation is 2. The Labute approximate surface area is 236 Å². The molecule has 39 heavy (non-hydrogen) atoms. The maximum Gasteiger partial charge on any atom is 0.264 e. The van der Waals surface area contributed by atoms with Gasteiger partial charge in [0.05, 0.1) is 10.6 Å². The Bertz CT molecular complexity index is 1420. The Morgan fingerprint density at radius 3 is 2.21 bits per heavy atom. The van der Waals surface area contributed by atoms with Crippen molar-refractivity contribution in [3.8, 4) is 0 Å². The summed E-state index contributed by atoms with van der Waals surface area (Å²) >= 11 is 6.38. The Morgan fingerprint density at radius 1 is 0.923 bits per heavy atom. The van der Waals surface area contributed by atoms with Gasteiger partial charge in [-0.3, -0.25) is 13.9 Å². The van der Waals surface area contributed by atoms with Crippen molar-refractivity contribution in [2.75, 3.05) is 17.4 Å². The predicted octanol–water partition coefficient (Wildman–Crippen LogP) is 5.40. The van der Waals surface area contributed by atoms with Crippen LogP contribution in [0.3, 0.4) is 0 Å². The summed E-state index contributed by atoms with van der Waals surface area (Å²) in [5, 5.41) is 3.20. The highest BCUT2D eigenvalue weighted by atomic mass is 35.5. The molecule has 0 aliphatic carbocycles. The van der Waals surface area contributed by atoms with Crippen molar-refractivity contribution in [3.05, 3.63) is 94.0 Å². The van der Waals surface area contributed by atoms with Crippen LogP contribution in [-0.2, 0) is 26.2 Å². The van der Waals surface area contributed by atoms with E-state index in [1.54, 1.807) is 37.3 Å². The third-order valence-electron chi connectivity index (χ3n) is 6.73. The number of likely N-dealkylation sites (N-methyl/N-ethyl adjacent to an activating group) is 1. The van der Waals surface area contributed by atoms with Gasteiger partial charge in [0.2, 0.25) is 11.8 Å². The van der Waals surface area contributed by atoms with Crippen LogP contribution in [0.25, 0.3) is 0 Å². The predicted molar refractivity (Wildman–Crippen MR) is 156 cm³/mol. The molecule has 0 saturated carbocycles. The van der Waals surface area contributed by atoms with Crippen LogP contribution in [0.2, 0.25) is 5.02 Å². The second kappa shape index (κ2) is 13.1. The van der Waals surface area contributed by atoms with Gasteiger partial charge in [0.1, 0.15) is 12.6 Å². The van der Waals surface area contributed by atoms with Crippen molar-refractivity contribution >= 4 is 39.1 Å². The summed E-state index contributed by atoms with van der Waals surface area (Å²) in [5.74, 6) is -0.778. The minimum Gasteiger partial charge on any atom is -0.355 e. The number of hydrogen-bond donors (Lipinski definition) is 1. The van der Waals surface area contributed by atoms with E-state index in [2.05, 4.69) is 5.32 Å². The number of rotatable bonds is 11. The number of anilines is 1. The van der Waals surface area contributed by atoms with E-state index in [1.807, 2.05) is 52.0 Å². The zero-order valence-corrected chi connectivity index (χ0v) is 24.6. The fourth-order valence-electron chi connectivity index (χ4n) is 4.40. The monoisotopic (exact) mass is 569 g/mol. The summed E-state index contributed by atoms with van der Waals surface area (Å²) < 4.78 is 29.1. The highest BCUT2D eigenvalue weighted by Gasteiger charge is 2.34. The molecule has 0 aromatic heterocycles. The third kappa shape index (κ3) is 6.99. The lowest BCUT2D eigenvalue weighted by Crippen LogP contribution is -2.52. The Kier molecular flexibility index (Phi) is 10.2. The number of nitrogens with zero attached hydrogens (tertiary/aromatic N) is 2. The van der Waals surface area contributed by atoms with E-state index in [0.717, 1.165) is 21.0 Å². The van der Waals surface area contributed by atoms with E-state index in [9.17, 15) is 18.0 Å². The summed E-state index contributed by atoms with van der Waals surface area (Å²) in [7, 11) is -4.16. The van der Waals surface area contributed by atoms with Crippen molar-refractivity contribution in [1.29, 1.82) is 0 Å². The van der Waals surface area contributed by atoms with Gasteiger partial charge in [0.15, 0.2) is 0 Å². The lowest BCUT2D eigenvalue weighted by molar-refractivity contribution is -0.140. The SMILES string of the molecule is CCNC(=O)[C@@H](CC)N(Cc1ccccc1C)C(=O)CN(c1cccc(Cl)c1C)S(=O)(=O)c1ccc(C)cc1. The average molecular weight is 570 g/mol. The lowest BCUT2D eigenvalue weighted by Gasteiger charge is -2.34. The van der Waals surface area contributed by atoms with Gasteiger partial charge in [-0.2, -0.15) is 0 Å². The molecule has 0 fully saturated rings. The van der Waals surface area contributed by atoms with Crippen LogP contribution in [0, 0.1) is 20.8 Å². The van der Waals surface area contributed by atoms with Gasteiger partial charge in [0.25, 0.3) is 10.0 Å². The van der Waals surface area contributed by atoms with Crippen molar-refractivity contribution in [3.63, 3.8) is 0 Å². The first-order chi connectivity index (χ1) is 18.5. The molecule has 208 valence electrons. The van der Waals surface area contributed by atoms with Gasteiger partial charge in [-0.15, -0.1) is 0 Å². The molecule has 0 aliphatic heterocycles. The molecule has 3 aromatic carbocycles. The van der Waals surface area contributed by atoms with Gasteiger partial charge >= 0.3 is 0 Å². The van der Waals surface area contributed by atoms with Crippen molar-refractivity contribution in [2.45, 2.75) is 58.5 Å². The van der Waals surface area contributed by atoms with E-state index >= 15 is 0 Å². The number of carbonyl (C=O) groups excluding carboxylic acids is 2. The van der Waals surface area contributed by atoms with Crippen LogP contribution < -0.4 is 9.62 Å². The minimum atomic E-state index is -4.16. The Balaban J connectivity index is 2.12. The van der Waals surface area contributed by atoms with Gasteiger partial charge in [-0.1, -0.05) is 66.6 Å². The van der Waals surface area contributed by atoms with E-state index in [4.69, 9.17) is 11.6 Å². The molecule has 1 N–H and O–H groups in total. The molecule has 7 nitrogen and oxygen atoms in total. The van der Waals surface area contributed by atoms with Crippen LogP contribution >= 0.6 is 11.6 Å². The molecule has 0 spiro atoms. The summed E-state index contributed by atoms with van der Waals surface area (Å²) in [5.41, 5.74) is 3.59. The third-order valence-corrected chi connectivity index (χ3v) is 8.92. The largest absolute Gasteiger partial charge is 0.355 e. The van der Waals surface area contributed by atoms with Gasteiger partial charge in [-0.25, -0.2) is 8.42 Å². The fourth-order valence-corrected chi connectivity index (χ4v) is 6.04. The number of nitrogens with one attached hydrogen (secondary N) is 1. The zero-order chi connectivity index (χ0) is 28.7. The standard InChI is InChI=1S/C30H36ClN3O4S/c1-6-27(30(36)32-7-2)33(19-24-12-9-8-11-22(24)4)29(35)20-34(28-14-10-13-26(31)23(28)5)39(37,38)25-17-15-21(3)16-18-25/h8-18,27H,6-7,19-20H2,1-5H3,(H,32,36)/t27-/m1/s1. The van der Waals surface area contributed by atoms with Crippen LogP contribution in [0.5, 0.6) is 0 Å². The summed E-state index contributed by atoms with van der Waals surface area (Å²) in [6, 6.07) is 18.3. The van der Waals surface area contributed by atoms with E-state index in [0.29, 0.717) is 29.2 Å². The summed E-state index contributed by atoms with van der Waals surface area (Å²) in [6.45, 7) is 9.25. The molecule has 0 heterocycles. The highest BCUT2D eigenvalue weighted by Crippen LogP contribution is 2.31. The fraction of sp³-hybridized carbons (Fsp3) is 0.333. The first kappa shape index (κ1) is 30.2. The molecule has 0 radical (unpaired) electrons. The van der Waals surface area contributed by atoms with Crippen molar-refractivity contribution < 1.29 is 18.0 Å². The molecule has 0 saturated heterocycles. The lowest BCUT2D eigenvalue weighted by atomic mass is 10.1. The molecular formula is C30H36ClN3O4S. The number of sulfonamides is 1. The van der Waals surface area contributed by atoms with Crippen molar-refractivity contribution in [2.24, 2.45) is 0 Å². The number of amides is 2. The van der Waals surface area contributed by atoms with Crippen LogP contribution in [-0.4, -0.2) is 44.3 Å². The van der Waals surface area contributed by atoms with Crippen molar-refractivity contribution in [1.82, 2.24) is 10.2 Å². The molecule has 0 aliphatic rings. The number of halogens is 1. The normalized spacial score (nSPS) is 12.1. The molecule has 2 amide bonds. The van der Waals surface area contributed by atoms with Crippen LogP contribution in [0.15, 0.2) is 71.6 Å². The summed E-state index contributed by atoms with van der Waals surface area (Å²) in [4.78, 5) is 28.7. The topological polar surface area (TPSA) is 86.8 Å². The molecule has 9 heteroatoms. The molecule has 1 atom stereocenters. The van der Waals surface area contributed by atoms with Crippen LogP contribution in [0.4, 0.5) is 5.69 Å². The smallest absolute Gasteiger partial charge is 0.264 e. The second-order valence-corrected chi connectivity index (χ2v) is 11.7. The Morgan fingerprint density at radius 2 is 1.59 bits per heavy atom. The van der Waals surface area contributed by atoms with Crippen LogP contribution in [0.1, 0.15) is 42.5 Å². The van der Waals surface area contributed by atoms with Gasteiger partial charge < -0.3 is 10.2 Å².